The number of aliphatic hydroxyl groups is 4. The van der Waals surface area contributed by atoms with Crippen molar-refractivity contribution in [3.05, 3.63) is 0 Å². The lowest BCUT2D eigenvalue weighted by Gasteiger charge is -2.27. The molecule has 0 aromatic carbocycles. The Labute approximate surface area is 235 Å². The average Bonchev–Trinajstić information content (AvgIpc) is 2.92. The predicted octanol–water partition coefficient (Wildman–Crippen LogP) is 6.95. The molecule has 0 spiro atoms. The number of amides is 1. The van der Waals surface area contributed by atoms with Crippen molar-refractivity contribution < 1.29 is 25.2 Å². The van der Waals surface area contributed by atoms with Crippen LogP contribution in [0.3, 0.4) is 0 Å². The van der Waals surface area contributed by atoms with Gasteiger partial charge in [0.1, 0.15) is 12.2 Å². The molecular weight excluding hydrogens is 478 g/mol. The summed E-state index contributed by atoms with van der Waals surface area (Å²) < 4.78 is 0. The predicted molar refractivity (Wildman–Crippen MR) is 159 cm³/mol. The Hall–Kier alpha value is -0.690. The van der Waals surface area contributed by atoms with Crippen molar-refractivity contribution in [2.24, 2.45) is 0 Å². The van der Waals surface area contributed by atoms with Gasteiger partial charge in [0.25, 0.3) is 0 Å². The van der Waals surface area contributed by atoms with Gasteiger partial charge in [-0.3, -0.25) is 4.79 Å². The van der Waals surface area contributed by atoms with E-state index in [9.17, 15) is 25.2 Å². The molecule has 6 heteroatoms. The fourth-order valence-corrected chi connectivity index (χ4v) is 5.11. The van der Waals surface area contributed by atoms with Crippen molar-refractivity contribution in [1.82, 2.24) is 5.32 Å². The van der Waals surface area contributed by atoms with E-state index in [1.54, 1.807) is 0 Å². The molecule has 0 aromatic rings. The van der Waals surface area contributed by atoms with Gasteiger partial charge in [0, 0.05) is 0 Å². The SMILES string of the molecule is CCCCCCCCCCCCCC(O)C(=O)NC(CO)C(O)C(O)CCCCCCCCCCCCC. The van der Waals surface area contributed by atoms with Crippen molar-refractivity contribution in [3.8, 4) is 0 Å². The van der Waals surface area contributed by atoms with Gasteiger partial charge in [-0.15, -0.1) is 0 Å². The molecule has 0 radical (unpaired) electrons. The number of carbonyl (C=O) groups excluding carboxylic acids is 1. The Kier molecular flexibility index (Phi) is 27.4. The van der Waals surface area contributed by atoms with Gasteiger partial charge in [-0.2, -0.15) is 0 Å². The second-order valence-corrected chi connectivity index (χ2v) is 11.5. The van der Waals surface area contributed by atoms with Gasteiger partial charge < -0.3 is 25.7 Å². The molecule has 38 heavy (non-hydrogen) atoms. The van der Waals surface area contributed by atoms with E-state index < -0.39 is 36.9 Å². The largest absolute Gasteiger partial charge is 0.394 e. The molecule has 4 atom stereocenters. The van der Waals surface area contributed by atoms with E-state index in [2.05, 4.69) is 19.2 Å². The third kappa shape index (κ3) is 22.2. The van der Waals surface area contributed by atoms with Crippen LogP contribution in [-0.2, 0) is 4.79 Å². The van der Waals surface area contributed by atoms with Crippen molar-refractivity contribution in [3.63, 3.8) is 0 Å². The average molecular weight is 544 g/mol. The highest BCUT2D eigenvalue weighted by atomic mass is 16.3. The van der Waals surface area contributed by atoms with Crippen LogP contribution in [-0.4, -0.2) is 57.3 Å². The number of carbonyl (C=O) groups is 1. The van der Waals surface area contributed by atoms with Crippen LogP contribution >= 0.6 is 0 Å². The maximum atomic E-state index is 12.3. The van der Waals surface area contributed by atoms with E-state index in [-0.39, 0.29) is 0 Å². The Morgan fingerprint density at radius 2 is 0.895 bits per heavy atom. The third-order valence-corrected chi connectivity index (χ3v) is 7.82. The highest BCUT2D eigenvalue weighted by Crippen LogP contribution is 2.15. The van der Waals surface area contributed by atoms with Gasteiger partial charge >= 0.3 is 0 Å². The molecule has 5 N–H and O–H groups in total. The molecule has 4 unspecified atom stereocenters. The van der Waals surface area contributed by atoms with Crippen LogP contribution in [0.15, 0.2) is 0 Å². The lowest BCUT2D eigenvalue weighted by Crippen LogP contribution is -2.53. The lowest BCUT2D eigenvalue weighted by atomic mass is 9.99. The molecule has 0 aliphatic carbocycles. The van der Waals surface area contributed by atoms with Gasteiger partial charge in [-0.05, 0) is 12.8 Å². The highest BCUT2D eigenvalue weighted by molar-refractivity contribution is 5.80. The summed E-state index contributed by atoms with van der Waals surface area (Å²) >= 11 is 0. The summed E-state index contributed by atoms with van der Waals surface area (Å²) in [6.07, 6.45) is 24.0. The van der Waals surface area contributed by atoms with Crippen LogP contribution in [0.1, 0.15) is 168 Å². The van der Waals surface area contributed by atoms with Gasteiger partial charge in [0.05, 0.1) is 18.8 Å². The van der Waals surface area contributed by atoms with E-state index in [1.807, 2.05) is 0 Å². The molecule has 0 bridgehead atoms. The maximum absolute atomic E-state index is 12.3. The second-order valence-electron chi connectivity index (χ2n) is 11.5. The standard InChI is InChI=1S/C32H65NO5/c1-3-5-7-9-11-13-15-17-19-21-23-25-29(35)31(37)28(27-34)33-32(38)30(36)26-24-22-20-18-16-14-12-10-8-6-4-2/h28-31,34-37H,3-27H2,1-2H3,(H,33,38). The molecule has 1 amide bonds. The third-order valence-electron chi connectivity index (χ3n) is 7.82. The number of nitrogens with one attached hydrogen (secondary N) is 1. The second kappa shape index (κ2) is 27.9. The molecule has 0 fully saturated rings. The number of hydrogen-bond donors (Lipinski definition) is 5. The molecule has 0 aliphatic heterocycles. The summed E-state index contributed by atoms with van der Waals surface area (Å²) in [5.74, 6) is -0.586. The smallest absolute Gasteiger partial charge is 0.249 e. The Bertz CT molecular complexity index is 504. The van der Waals surface area contributed by atoms with Gasteiger partial charge in [-0.1, -0.05) is 155 Å². The summed E-state index contributed by atoms with van der Waals surface area (Å²) in [7, 11) is 0. The summed E-state index contributed by atoms with van der Waals surface area (Å²) in [5, 5.41) is 43.2. The first-order valence-electron chi connectivity index (χ1n) is 16.4. The fraction of sp³-hybridized carbons (Fsp3) is 0.969. The molecule has 6 nitrogen and oxygen atoms in total. The quantitative estimate of drug-likeness (QED) is 0.0656. The zero-order chi connectivity index (χ0) is 28.3. The van der Waals surface area contributed by atoms with Crippen molar-refractivity contribution in [1.29, 1.82) is 0 Å². The first-order valence-corrected chi connectivity index (χ1v) is 16.4. The van der Waals surface area contributed by atoms with E-state index >= 15 is 0 Å². The maximum Gasteiger partial charge on any atom is 0.249 e. The monoisotopic (exact) mass is 543 g/mol. The Morgan fingerprint density at radius 3 is 1.26 bits per heavy atom. The van der Waals surface area contributed by atoms with E-state index in [1.165, 1.54) is 103 Å². The molecule has 0 saturated carbocycles. The van der Waals surface area contributed by atoms with Crippen molar-refractivity contribution in [2.75, 3.05) is 6.61 Å². The number of hydrogen-bond acceptors (Lipinski definition) is 5. The van der Waals surface area contributed by atoms with Gasteiger partial charge in [0.15, 0.2) is 0 Å². The summed E-state index contributed by atoms with van der Waals surface area (Å²) in [4.78, 5) is 12.3. The minimum atomic E-state index is -1.25. The van der Waals surface area contributed by atoms with Crippen LogP contribution in [0.25, 0.3) is 0 Å². The first kappa shape index (κ1) is 37.3. The number of aliphatic hydroxyl groups excluding tert-OH is 4. The van der Waals surface area contributed by atoms with E-state index in [0.29, 0.717) is 12.8 Å². The van der Waals surface area contributed by atoms with Crippen molar-refractivity contribution in [2.45, 2.75) is 192 Å². The minimum Gasteiger partial charge on any atom is -0.394 e. The number of rotatable bonds is 29. The van der Waals surface area contributed by atoms with Crippen LogP contribution in [0.4, 0.5) is 0 Å². The van der Waals surface area contributed by atoms with Crippen molar-refractivity contribution >= 4 is 5.91 Å². The zero-order valence-corrected chi connectivity index (χ0v) is 25.2. The zero-order valence-electron chi connectivity index (χ0n) is 25.2. The van der Waals surface area contributed by atoms with Crippen LogP contribution in [0.5, 0.6) is 0 Å². The number of unbranched alkanes of at least 4 members (excludes halogenated alkanes) is 20. The van der Waals surface area contributed by atoms with Crippen LogP contribution in [0.2, 0.25) is 0 Å². The molecule has 0 saturated heterocycles. The normalized spacial score (nSPS) is 14.8. The van der Waals surface area contributed by atoms with Crippen LogP contribution in [0, 0.1) is 0 Å². The summed E-state index contributed by atoms with van der Waals surface area (Å²) in [6, 6.07) is -0.975. The van der Waals surface area contributed by atoms with Gasteiger partial charge in [-0.25, -0.2) is 0 Å². The molecule has 0 aromatic heterocycles. The first-order chi connectivity index (χ1) is 18.5. The Balaban J connectivity index is 3.87. The lowest BCUT2D eigenvalue weighted by molar-refractivity contribution is -0.132. The van der Waals surface area contributed by atoms with E-state index in [4.69, 9.17) is 0 Å². The fourth-order valence-electron chi connectivity index (χ4n) is 5.11. The summed E-state index contributed by atoms with van der Waals surface area (Å²) in [5.41, 5.74) is 0. The van der Waals surface area contributed by atoms with E-state index in [0.717, 1.165) is 38.5 Å². The Morgan fingerprint density at radius 1 is 0.553 bits per heavy atom. The molecule has 0 rings (SSSR count). The highest BCUT2D eigenvalue weighted by Gasteiger charge is 2.28. The van der Waals surface area contributed by atoms with Gasteiger partial charge in [0.2, 0.25) is 5.91 Å². The molecule has 0 aliphatic rings. The van der Waals surface area contributed by atoms with Crippen LogP contribution < -0.4 is 5.32 Å². The molecular formula is C32H65NO5. The molecule has 228 valence electrons. The molecule has 0 heterocycles. The summed E-state index contributed by atoms with van der Waals surface area (Å²) in [6.45, 7) is 4.00. The minimum absolute atomic E-state index is 0.373. The topological polar surface area (TPSA) is 110 Å².